The standard InChI is InChI=1S/C9H19N3/c1-11-6-4-8-3-2-5-12(10)9(8)7-11/h8-9H,2-7,10H2,1H3. The monoisotopic (exact) mass is 169 g/mol. The minimum Gasteiger partial charge on any atom is -0.305 e. The maximum Gasteiger partial charge on any atom is 0.0396 e. The van der Waals surface area contributed by atoms with Crippen molar-refractivity contribution in [2.24, 2.45) is 11.8 Å². The van der Waals surface area contributed by atoms with Crippen LogP contribution in [0, 0.1) is 5.92 Å². The summed E-state index contributed by atoms with van der Waals surface area (Å²) in [6, 6.07) is 0.637. The van der Waals surface area contributed by atoms with Gasteiger partial charge in [0.25, 0.3) is 0 Å². The van der Waals surface area contributed by atoms with Gasteiger partial charge in [-0.25, -0.2) is 5.01 Å². The van der Waals surface area contributed by atoms with Gasteiger partial charge in [0.1, 0.15) is 0 Å². The van der Waals surface area contributed by atoms with Crippen LogP contribution < -0.4 is 5.84 Å². The molecule has 0 aromatic heterocycles. The average molecular weight is 169 g/mol. The maximum atomic E-state index is 5.96. The number of piperidine rings is 2. The van der Waals surface area contributed by atoms with Gasteiger partial charge >= 0.3 is 0 Å². The quantitative estimate of drug-likeness (QED) is 0.529. The van der Waals surface area contributed by atoms with Crippen molar-refractivity contribution in [2.75, 3.05) is 26.7 Å². The van der Waals surface area contributed by atoms with Gasteiger partial charge in [-0.2, -0.15) is 0 Å². The van der Waals surface area contributed by atoms with Crippen molar-refractivity contribution in [1.29, 1.82) is 0 Å². The summed E-state index contributed by atoms with van der Waals surface area (Å²) in [6.07, 6.45) is 4.03. The zero-order chi connectivity index (χ0) is 8.55. The van der Waals surface area contributed by atoms with Gasteiger partial charge in [0, 0.05) is 19.1 Å². The van der Waals surface area contributed by atoms with Crippen LogP contribution in [-0.4, -0.2) is 42.6 Å². The summed E-state index contributed by atoms with van der Waals surface area (Å²) in [4.78, 5) is 2.40. The molecule has 3 heteroatoms. The predicted molar refractivity (Wildman–Crippen MR) is 49.5 cm³/mol. The Morgan fingerprint density at radius 1 is 1.25 bits per heavy atom. The Bertz CT molecular complexity index is 160. The van der Waals surface area contributed by atoms with Crippen LogP contribution in [0.4, 0.5) is 0 Å². The van der Waals surface area contributed by atoms with Crippen LogP contribution in [0.2, 0.25) is 0 Å². The Morgan fingerprint density at radius 2 is 2.08 bits per heavy atom. The summed E-state index contributed by atoms with van der Waals surface area (Å²) in [5, 5.41) is 2.06. The first-order valence-electron chi connectivity index (χ1n) is 4.97. The van der Waals surface area contributed by atoms with Crippen LogP contribution in [0.15, 0.2) is 0 Å². The number of fused-ring (bicyclic) bond motifs is 1. The smallest absolute Gasteiger partial charge is 0.0396 e. The lowest BCUT2D eigenvalue weighted by Crippen LogP contribution is -2.57. The molecular weight excluding hydrogens is 150 g/mol. The fraction of sp³-hybridized carbons (Fsp3) is 1.00. The number of likely N-dealkylation sites (N-methyl/N-ethyl adjacent to an activating group) is 1. The molecule has 2 aliphatic heterocycles. The molecule has 0 aromatic carbocycles. The van der Waals surface area contributed by atoms with E-state index in [2.05, 4.69) is 17.0 Å². The first kappa shape index (κ1) is 8.48. The number of likely N-dealkylation sites (tertiary alicyclic amines) is 1. The second-order valence-electron chi connectivity index (χ2n) is 4.26. The average Bonchev–Trinajstić information content (AvgIpc) is 2.07. The van der Waals surface area contributed by atoms with Gasteiger partial charge in [-0.1, -0.05) is 0 Å². The lowest BCUT2D eigenvalue weighted by atomic mass is 9.84. The molecular formula is C9H19N3. The summed E-state index contributed by atoms with van der Waals surface area (Å²) < 4.78 is 0. The topological polar surface area (TPSA) is 32.5 Å². The molecule has 3 nitrogen and oxygen atoms in total. The van der Waals surface area contributed by atoms with Gasteiger partial charge < -0.3 is 4.90 Å². The van der Waals surface area contributed by atoms with Crippen molar-refractivity contribution < 1.29 is 0 Å². The fourth-order valence-corrected chi connectivity index (χ4v) is 2.55. The van der Waals surface area contributed by atoms with E-state index in [1.807, 2.05) is 0 Å². The van der Waals surface area contributed by atoms with Crippen LogP contribution in [0.25, 0.3) is 0 Å². The summed E-state index contributed by atoms with van der Waals surface area (Å²) >= 11 is 0. The second kappa shape index (κ2) is 3.32. The number of nitrogens with two attached hydrogens (primary N) is 1. The van der Waals surface area contributed by atoms with Crippen LogP contribution in [0.1, 0.15) is 19.3 Å². The highest BCUT2D eigenvalue weighted by Gasteiger charge is 2.33. The van der Waals surface area contributed by atoms with Crippen molar-refractivity contribution in [3.63, 3.8) is 0 Å². The van der Waals surface area contributed by atoms with Gasteiger partial charge in [-0.05, 0) is 38.8 Å². The van der Waals surface area contributed by atoms with Crippen molar-refractivity contribution >= 4 is 0 Å². The number of hydrogen-bond donors (Lipinski definition) is 1. The molecule has 2 aliphatic rings. The lowest BCUT2D eigenvalue weighted by Gasteiger charge is -2.44. The lowest BCUT2D eigenvalue weighted by molar-refractivity contribution is 0.0296. The first-order valence-corrected chi connectivity index (χ1v) is 4.97. The molecule has 2 fully saturated rings. The van der Waals surface area contributed by atoms with Gasteiger partial charge in [0.05, 0.1) is 0 Å². The van der Waals surface area contributed by atoms with E-state index in [0.717, 1.165) is 12.5 Å². The van der Waals surface area contributed by atoms with Gasteiger partial charge in [0.2, 0.25) is 0 Å². The fourth-order valence-electron chi connectivity index (χ4n) is 2.55. The summed E-state index contributed by atoms with van der Waals surface area (Å²) in [5.41, 5.74) is 0. The highest BCUT2D eigenvalue weighted by Crippen LogP contribution is 2.28. The highest BCUT2D eigenvalue weighted by atomic mass is 15.4. The molecule has 2 atom stereocenters. The molecule has 0 spiro atoms. The minimum atomic E-state index is 0.637. The zero-order valence-corrected chi connectivity index (χ0v) is 7.87. The second-order valence-corrected chi connectivity index (χ2v) is 4.26. The largest absolute Gasteiger partial charge is 0.305 e. The number of nitrogens with zero attached hydrogens (tertiary/aromatic N) is 2. The van der Waals surface area contributed by atoms with Crippen LogP contribution in [-0.2, 0) is 0 Å². The normalized spacial score (nSPS) is 39.5. The molecule has 2 N–H and O–H groups in total. The number of hydrazine groups is 1. The third-order valence-corrected chi connectivity index (χ3v) is 3.34. The molecule has 12 heavy (non-hydrogen) atoms. The number of hydrogen-bond acceptors (Lipinski definition) is 3. The molecule has 2 unspecified atom stereocenters. The predicted octanol–water partition coefficient (Wildman–Crippen LogP) is 0.276. The molecule has 70 valence electrons. The van der Waals surface area contributed by atoms with Gasteiger partial charge in [0.15, 0.2) is 0 Å². The Kier molecular flexibility index (Phi) is 2.35. The van der Waals surface area contributed by atoms with Gasteiger partial charge in [-0.3, -0.25) is 5.84 Å². The third kappa shape index (κ3) is 1.49. The van der Waals surface area contributed by atoms with Crippen LogP contribution in [0.5, 0.6) is 0 Å². The molecule has 0 amide bonds. The van der Waals surface area contributed by atoms with E-state index in [-0.39, 0.29) is 0 Å². The van der Waals surface area contributed by atoms with E-state index in [4.69, 9.17) is 5.84 Å². The van der Waals surface area contributed by atoms with Crippen molar-refractivity contribution in [3.05, 3.63) is 0 Å². The summed E-state index contributed by atoms with van der Waals surface area (Å²) in [7, 11) is 2.19. The van der Waals surface area contributed by atoms with E-state index in [1.54, 1.807) is 0 Å². The highest BCUT2D eigenvalue weighted by molar-refractivity contribution is 4.87. The molecule has 0 aliphatic carbocycles. The molecule has 0 aromatic rings. The molecule has 2 heterocycles. The Hall–Kier alpha value is -0.120. The Balaban J connectivity index is 2.00. The van der Waals surface area contributed by atoms with Crippen LogP contribution in [0.3, 0.4) is 0 Å². The molecule has 2 rings (SSSR count). The van der Waals surface area contributed by atoms with Crippen molar-refractivity contribution in [1.82, 2.24) is 9.91 Å². The van der Waals surface area contributed by atoms with Crippen LogP contribution >= 0.6 is 0 Å². The summed E-state index contributed by atoms with van der Waals surface area (Å²) in [6.45, 7) is 3.52. The van der Waals surface area contributed by atoms with Crippen molar-refractivity contribution in [3.8, 4) is 0 Å². The van der Waals surface area contributed by atoms with E-state index >= 15 is 0 Å². The molecule has 2 saturated heterocycles. The zero-order valence-electron chi connectivity index (χ0n) is 7.87. The SMILES string of the molecule is CN1CCC2CCCN(N)C2C1. The maximum absolute atomic E-state index is 5.96. The van der Waals surface area contributed by atoms with Gasteiger partial charge in [-0.15, -0.1) is 0 Å². The number of rotatable bonds is 0. The minimum absolute atomic E-state index is 0.637. The molecule has 0 saturated carbocycles. The Morgan fingerprint density at radius 3 is 2.92 bits per heavy atom. The van der Waals surface area contributed by atoms with E-state index in [1.165, 1.54) is 32.4 Å². The first-order chi connectivity index (χ1) is 5.77. The van der Waals surface area contributed by atoms with E-state index < -0.39 is 0 Å². The van der Waals surface area contributed by atoms with Crippen molar-refractivity contribution in [2.45, 2.75) is 25.3 Å². The Labute approximate surface area is 74.5 Å². The molecule has 0 bridgehead atoms. The van der Waals surface area contributed by atoms with E-state index in [9.17, 15) is 0 Å². The molecule has 0 radical (unpaired) electrons. The third-order valence-electron chi connectivity index (χ3n) is 3.34. The summed E-state index contributed by atoms with van der Waals surface area (Å²) in [5.74, 6) is 6.83. The van der Waals surface area contributed by atoms with E-state index in [0.29, 0.717) is 6.04 Å².